The molecule has 1 amide bonds. The highest BCUT2D eigenvalue weighted by atomic mass is 16.7. The summed E-state index contributed by atoms with van der Waals surface area (Å²) in [4.78, 5) is 27.3. The second-order valence-electron chi connectivity index (χ2n) is 7.11. The van der Waals surface area contributed by atoms with Gasteiger partial charge in [0.05, 0.1) is 13.0 Å². The van der Waals surface area contributed by atoms with Gasteiger partial charge in [0.1, 0.15) is 0 Å². The summed E-state index contributed by atoms with van der Waals surface area (Å²) in [6, 6.07) is 0. The number of nitrogens with one attached hydrogen (secondary N) is 1. The summed E-state index contributed by atoms with van der Waals surface area (Å²) in [5.41, 5.74) is 7.43. The molecule has 4 aliphatic rings. The molecule has 0 unspecified atom stereocenters. The maximum Gasteiger partial charge on any atom is 0.440 e. The van der Waals surface area contributed by atoms with Gasteiger partial charge in [-0.3, -0.25) is 0 Å². The average molecular weight is 296 g/mol. The Labute approximate surface area is 124 Å². The van der Waals surface area contributed by atoms with Crippen molar-refractivity contribution in [1.29, 1.82) is 0 Å². The van der Waals surface area contributed by atoms with E-state index in [1.165, 1.54) is 38.5 Å². The van der Waals surface area contributed by atoms with E-state index in [0.717, 1.165) is 17.8 Å². The van der Waals surface area contributed by atoms with Crippen molar-refractivity contribution in [3.05, 3.63) is 0 Å². The van der Waals surface area contributed by atoms with Gasteiger partial charge in [-0.2, -0.15) is 0 Å². The number of rotatable bonds is 4. The van der Waals surface area contributed by atoms with Crippen LogP contribution in [0.1, 0.15) is 44.9 Å². The molecule has 6 nitrogen and oxygen atoms in total. The summed E-state index contributed by atoms with van der Waals surface area (Å²) in [6.07, 6.45) is 7.02. The van der Waals surface area contributed by atoms with Crippen molar-refractivity contribution < 1.29 is 19.2 Å². The van der Waals surface area contributed by atoms with Crippen LogP contribution in [-0.4, -0.2) is 25.2 Å². The Morgan fingerprint density at radius 3 is 2.19 bits per heavy atom. The quantitative estimate of drug-likeness (QED) is 0.771. The third-order valence-electron chi connectivity index (χ3n) is 5.27. The lowest BCUT2D eigenvalue weighted by Gasteiger charge is -2.56. The molecule has 0 spiro atoms. The summed E-state index contributed by atoms with van der Waals surface area (Å²) in [5, 5.41) is 0. The molecule has 21 heavy (non-hydrogen) atoms. The Kier molecular flexibility index (Phi) is 4.06. The Bertz CT molecular complexity index is 389. The summed E-state index contributed by atoms with van der Waals surface area (Å²) in [6.45, 7) is 0.639. The van der Waals surface area contributed by atoms with Gasteiger partial charge < -0.3 is 15.3 Å². The molecule has 118 valence electrons. The van der Waals surface area contributed by atoms with E-state index < -0.39 is 12.1 Å². The second kappa shape index (κ2) is 5.83. The van der Waals surface area contributed by atoms with E-state index in [-0.39, 0.29) is 18.4 Å². The molecule has 3 N–H and O–H groups in total. The number of nitrogens with two attached hydrogens (primary N) is 1. The van der Waals surface area contributed by atoms with Crippen LogP contribution in [0.3, 0.4) is 0 Å². The lowest BCUT2D eigenvalue weighted by Crippen LogP contribution is -2.48. The molecule has 0 radical (unpaired) electrons. The number of carbonyl (C=O) groups is 2. The SMILES string of the molecule is NCCC(=O)ONC(=O)OCC12CC3CC(CC(C3)C1)C2. The fourth-order valence-electron chi connectivity index (χ4n) is 4.98. The van der Waals surface area contributed by atoms with Crippen LogP contribution in [0.2, 0.25) is 0 Å². The van der Waals surface area contributed by atoms with Gasteiger partial charge in [-0.1, -0.05) is 0 Å². The summed E-state index contributed by atoms with van der Waals surface area (Å²) in [7, 11) is 0. The Hall–Kier alpha value is -1.30. The van der Waals surface area contributed by atoms with E-state index in [1.54, 1.807) is 0 Å². The normalized spacial score (nSPS) is 36.3. The van der Waals surface area contributed by atoms with Crippen molar-refractivity contribution in [2.75, 3.05) is 13.2 Å². The first-order valence-electron chi connectivity index (χ1n) is 7.91. The zero-order valence-corrected chi connectivity index (χ0v) is 12.3. The van der Waals surface area contributed by atoms with Crippen molar-refractivity contribution in [2.24, 2.45) is 28.9 Å². The van der Waals surface area contributed by atoms with Crippen LogP contribution in [-0.2, 0) is 14.4 Å². The lowest BCUT2D eigenvalue weighted by atomic mass is 9.50. The first-order valence-corrected chi connectivity index (χ1v) is 7.91. The minimum atomic E-state index is -0.684. The third kappa shape index (κ3) is 3.31. The number of carbonyl (C=O) groups excluding carboxylic acids is 2. The number of ether oxygens (including phenoxy) is 1. The van der Waals surface area contributed by atoms with Crippen molar-refractivity contribution in [3.63, 3.8) is 0 Å². The molecule has 0 heterocycles. The van der Waals surface area contributed by atoms with Crippen LogP contribution >= 0.6 is 0 Å². The molecule has 4 fully saturated rings. The molecule has 0 saturated heterocycles. The molecule has 0 aromatic rings. The maximum atomic E-state index is 11.6. The first-order chi connectivity index (χ1) is 10.1. The predicted octanol–water partition coefficient (Wildman–Crippen LogP) is 1.74. The van der Waals surface area contributed by atoms with Gasteiger partial charge in [-0.15, -0.1) is 5.48 Å². The zero-order valence-electron chi connectivity index (χ0n) is 12.3. The molecular weight excluding hydrogens is 272 g/mol. The molecular formula is C15H24N2O4. The fourth-order valence-corrected chi connectivity index (χ4v) is 4.98. The largest absolute Gasteiger partial charge is 0.447 e. The van der Waals surface area contributed by atoms with Crippen molar-refractivity contribution in [1.82, 2.24) is 5.48 Å². The van der Waals surface area contributed by atoms with Crippen LogP contribution in [0.25, 0.3) is 0 Å². The molecule has 4 saturated carbocycles. The highest BCUT2D eigenvalue weighted by Gasteiger charge is 2.51. The van der Waals surface area contributed by atoms with Crippen LogP contribution in [0.15, 0.2) is 0 Å². The average Bonchev–Trinajstić information content (AvgIpc) is 2.42. The lowest BCUT2D eigenvalue weighted by molar-refractivity contribution is -0.150. The number of hydroxylamine groups is 1. The second-order valence-corrected chi connectivity index (χ2v) is 7.11. The topological polar surface area (TPSA) is 90.7 Å². The Morgan fingerprint density at radius 1 is 1.10 bits per heavy atom. The van der Waals surface area contributed by atoms with Gasteiger partial charge in [0.15, 0.2) is 0 Å². The van der Waals surface area contributed by atoms with Crippen molar-refractivity contribution in [2.45, 2.75) is 44.9 Å². The van der Waals surface area contributed by atoms with Gasteiger partial charge in [-0.05, 0) is 56.3 Å². The zero-order chi connectivity index (χ0) is 14.9. The standard InChI is InChI=1S/C15H24N2O4/c16-2-1-13(18)21-17-14(19)20-9-15-6-10-3-11(7-15)5-12(4-10)8-15/h10-12H,1-9,16H2,(H,17,19). The molecule has 0 aliphatic heterocycles. The van der Waals surface area contributed by atoms with Gasteiger partial charge in [0.2, 0.25) is 0 Å². The minimum Gasteiger partial charge on any atom is -0.447 e. The van der Waals surface area contributed by atoms with Gasteiger partial charge in [0, 0.05) is 12.0 Å². The van der Waals surface area contributed by atoms with Crippen LogP contribution < -0.4 is 11.2 Å². The fraction of sp³-hybridized carbons (Fsp3) is 0.867. The van der Waals surface area contributed by atoms with E-state index in [1.807, 2.05) is 5.48 Å². The third-order valence-corrected chi connectivity index (χ3v) is 5.27. The van der Waals surface area contributed by atoms with Gasteiger partial charge in [0.25, 0.3) is 0 Å². The molecule has 6 heteroatoms. The van der Waals surface area contributed by atoms with Crippen molar-refractivity contribution >= 4 is 12.1 Å². The van der Waals surface area contributed by atoms with E-state index in [9.17, 15) is 9.59 Å². The molecule has 4 aliphatic carbocycles. The monoisotopic (exact) mass is 296 g/mol. The van der Waals surface area contributed by atoms with E-state index >= 15 is 0 Å². The highest BCUT2D eigenvalue weighted by molar-refractivity contribution is 5.73. The Morgan fingerprint density at radius 2 is 1.67 bits per heavy atom. The highest BCUT2D eigenvalue weighted by Crippen LogP contribution is 2.59. The number of hydrogen-bond acceptors (Lipinski definition) is 5. The molecule has 0 aromatic heterocycles. The number of amides is 1. The molecule has 0 atom stereocenters. The van der Waals surface area contributed by atoms with E-state index in [0.29, 0.717) is 6.61 Å². The van der Waals surface area contributed by atoms with Gasteiger partial charge >= 0.3 is 12.1 Å². The maximum absolute atomic E-state index is 11.6. The van der Waals surface area contributed by atoms with Crippen molar-refractivity contribution in [3.8, 4) is 0 Å². The summed E-state index contributed by atoms with van der Waals surface area (Å²) < 4.78 is 5.30. The van der Waals surface area contributed by atoms with Crippen LogP contribution in [0.5, 0.6) is 0 Å². The Balaban J connectivity index is 1.44. The number of hydrogen-bond donors (Lipinski definition) is 2. The van der Waals surface area contributed by atoms with Gasteiger partial charge in [-0.25, -0.2) is 9.59 Å². The minimum absolute atomic E-state index is 0.0786. The summed E-state index contributed by atoms with van der Waals surface area (Å²) in [5.74, 6) is 1.92. The van der Waals surface area contributed by atoms with E-state index in [2.05, 4.69) is 4.84 Å². The smallest absolute Gasteiger partial charge is 0.440 e. The predicted molar refractivity (Wildman–Crippen MR) is 74.9 cm³/mol. The molecule has 4 rings (SSSR count). The van der Waals surface area contributed by atoms with E-state index in [4.69, 9.17) is 10.5 Å². The molecule has 0 aromatic carbocycles. The summed E-state index contributed by atoms with van der Waals surface area (Å²) >= 11 is 0. The first kappa shape index (κ1) is 14.6. The van der Waals surface area contributed by atoms with Crippen LogP contribution in [0, 0.1) is 23.2 Å². The van der Waals surface area contributed by atoms with Crippen LogP contribution in [0.4, 0.5) is 4.79 Å². The molecule has 4 bridgehead atoms.